The molecule has 0 radical (unpaired) electrons. The molecule has 2 aromatic rings. The predicted octanol–water partition coefficient (Wildman–Crippen LogP) is 1.12. The Morgan fingerprint density at radius 2 is 1.88 bits per heavy atom. The zero-order valence-electron chi connectivity index (χ0n) is 7.94. The average Bonchev–Trinajstić information content (AvgIpc) is 2.31. The van der Waals surface area contributed by atoms with Crippen LogP contribution in [0.2, 0.25) is 0 Å². The molecule has 0 aromatic carbocycles. The van der Waals surface area contributed by atoms with E-state index in [2.05, 4.69) is 19.9 Å². The van der Waals surface area contributed by atoms with Crippen molar-refractivity contribution < 1.29 is 9.90 Å². The largest absolute Gasteiger partial charge is 0.476 e. The molecular formula is C9H6N4O2S. The summed E-state index contributed by atoms with van der Waals surface area (Å²) >= 11 is 1.22. The van der Waals surface area contributed by atoms with E-state index in [1.807, 2.05) is 0 Å². The minimum atomic E-state index is -1.10. The quantitative estimate of drug-likeness (QED) is 0.796. The van der Waals surface area contributed by atoms with Gasteiger partial charge in [0.1, 0.15) is 5.03 Å². The van der Waals surface area contributed by atoms with Gasteiger partial charge in [0.25, 0.3) is 0 Å². The van der Waals surface area contributed by atoms with E-state index in [9.17, 15) is 4.79 Å². The van der Waals surface area contributed by atoms with Gasteiger partial charge in [-0.25, -0.2) is 24.7 Å². The van der Waals surface area contributed by atoms with Gasteiger partial charge >= 0.3 is 5.97 Å². The van der Waals surface area contributed by atoms with Crippen LogP contribution in [0.4, 0.5) is 0 Å². The zero-order valence-corrected chi connectivity index (χ0v) is 8.76. The fraction of sp³-hybridized carbons (Fsp3) is 0. The van der Waals surface area contributed by atoms with Gasteiger partial charge in [-0.05, 0) is 17.8 Å². The van der Waals surface area contributed by atoms with E-state index >= 15 is 0 Å². The molecule has 0 aliphatic heterocycles. The molecule has 6 nitrogen and oxygen atoms in total. The molecule has 0 bridgehead atoms. The third-order valence-corrected chi connectivity index (χ3v) is 2.40. The fourth-order valence-electron chi connectivity index (χ4n) is 0.911. The minimum absolute atomic E-state index is 0.0849. The third kappa shape index (κ3) is 2.51. The maximum atomic E-state index is 10.5. The molecular weight excluding hydrogens is 228 g/mol. The maximum Gasteiger partial charge on any atom is 0.356 e. The Hall–Kier alpha value is -2.02. The first-order chi connectivity index (χ1) is 7.75. The highest BCUT2D eigenvalue weighted by Gasteiger charge is 2.06. The number of nitrogens with zero attached hydrogens (tertiary/aromatic N) is 4. The molecule has 2 heterocycles. The standard InChI is InChI=1S/C9H6N4O2S/c14-8(15)6-4-13-7(5-12-6)16-9-10-2-1-3-11-9/h1-5H,(H,14,15). The Balaban J connectivity index is 2.14. The first kappa shape index (κ1) is 10.5. The Bertz CT molecular complexity index is 489. The monoisotopic (exact) mass is 234 g/mol. The lowest BCUT2D eigenvalue weighted by Crippen LogP contribution is -2.00. The average molecular weight is 234 g/mol. The van der Waals surface area contributed by atoms with Crippen molar-refractivity contribution in [3.8, 4) is 0 Å². The van der Waals surface area contributed by atoms with Crippen molar-refractivity contribution in [3.05, 3.63) is 36.5 Å². The number of carboxylic acid groups (broad SMARTS) is 1. The van der Waals surface area contributed by atoms with Gasteiger partial charge < -0.3 is 5.11 Å². The Kier molecular flexibility index (Phi) is 3.06. The number of hydrogen-bond acceptors (Lipinski definition) is 6. The summed E-state index contributed by atoms with van der Waals surface area (Å²) in [6.45, 7) is 0. The van der Waals surface area contributed by atoms with E-state index < -0.39 is 5.97 Å². The lowest BCUT2D eigenvalue weighted by molar-refractivity contribution is 0.0689. The highest BCUT2D eigenvalue weighted by Crippen LogP contribution is 2.20. The fourth-order valence-corrected chi connectivity index (χ4v) is 1.54. The number of carbonyl (C=O) groups is 1. The van der Waals surface area contributed by atoms with Crippen LogP contribution in [0.3, 0.4) is 0 Å². The molecule has 1 N–H and O–H groups in total. The van der Waals surface area contributed by atoms with E-state index in [1.165, 1.54) is 24.2 Å². The number of aromatic nitrogens is 4. The second-order valence-corrected chi connectivity index (χ2v) is 3.67. The van der Waals surface area contributed by atoms with Gasteiger partial charge in [-0.3, -0.25) is 0 Å². The number of aromatic carboxylic acids is 1. The molecule has 2 rings (SSSR count). The molecule has 0 aliphatic rings. The molecule has 7 heteroatoms. The van der Waals surface area contributed by atoms with E-state index in [0.717, 1.165) is 0 Å². The second kappa shape index (κ2) is 4.67. The SMILES string of the molecule is O=C(O)c1cnc(Sc2ncccn2)cn1. The lowest BCUT2D eigenvalue weighted by Gasteiger charge is -1.98. The van der Waals surface area contributed by atoms with Crippen LogP contribution in [0.25, 0.3) is 0 Å². The molecule has 0 spiro atoms. The van der Waals surface area contributed by atoms with Gasteiger partial charge in [-0.15, -0.1) is 0 Å². The van der Waals surface area contributed by atoms with E-state index in [-0.39, 0.29) is 5.69 Å². The molecule has 16 heavy (non-hydrogen) atoms. The molecule has 0 atom stereocenters. The first-order valence-corrected chi connectivity index (χ1v) is 5.07. The van der Waals surface area contributed by atoms with Crippen LogP contribution in [0, 0.1) is 0 Å². The summed E-state index contributed by atoms with van der Waals surface area (Å²) in [7, 11) is 0. The second-order valence-electron chi connectivity index (χ2n) is 2.68. The van der Waals surface area contributed by atoms with E-state index in [4.69, 9.17) is 5.11 Å². The Labute approximate surface area is 94.8 Å². The van der Waals surface area contributed by atoms with E-state index in [1.54, 1.807) is 18.5 Å². The van der Waals surface area contributed by atoms with Gasteiger partial charge in [0.15, 0.2) is 10.9 Å². The van der Waals surface area contributed by atoms with Crippen LogP contribution in [0.5, 0.6) is 0 Å². The molecule has 2 aromatic heterocycles. The minimum Gasteiger partial charge on any atom is -0.476 e. The summed E-state index contributed by atoms with van der Waals surface area (Å²) in [5.41, 5.74) is -0.0849. The van der Waals surface area contributed by atoms with Crippen LogP contribution < -0.4 is 0 Å². The Morgan fingerprint density at radius 1 is 1.12 bits per heavy atom. The Morgan fingerprint density at radius 3 is 2.44 bits per heavy atom. The van der Waals surface area contributed by atoms with Crippen LogP contribution >= 0.6 is 11.8 Å². The number of carboxylic acids is 1. The summed E-state index contributed by atoms with van der Waals surface area (Å²) in [6.07, 6.45) is 5.82. The van der Waals surface area contributed by atoms with Crippen LogP contribution in [0.15, 0.2) is 41.0 Å². The van der Waals surface area contributed by atoms with Crippen molar-refractivity contribution in [2.75, 3.05) is 0 Å². The highest BCUT2D eigenvalue weighted by atomic mass is 32.2. The summed E-state index contributed by atoms with van der Waals surface area (Å²) < 4.78 is 0. The molecule has 0 unspecified atom stereocenters. The molecule has 0 saturated heterocycles. The maximum absolute atomic E-state index is 10.5. The van der Waals surface area contributed by atoms with Gasteiger partial charge in [0.2, 0.25) is 0 Å². The summed E-state index contributed by atoms with van der Waals surface area (Å²) in [4.78, 5) is 26.2. The molecule has 80 valence electrons. The van der Waals surface area contributed by atoms with Crippen molar-refractivity contribution in [2.45, 2.75) is 10.2 Å². The highest BCUT2D eigenvalue weighted by molar-refractivity contribution is 7.99. The smallest absolute Gasteiger partial charge is 0.356 e. The van der Waals surface area contributed by atoms with Crippen LogP contribution in [-0.4, -0.2) is 31.0 Å². The van der Waals surface area contributed by atoms with Crippen molar-refractivity contribution in [2.24, 2.45) is 0 Å². The van der Waals surface area contributed by atoms with Crippen molar-refractivity contribution in [1.29, 1.82) is 0 Å². The van der Waals surface area contributed by atoms with Crippen molar-refractivity contribution >= 4 is 17.7 Å². The zero-order chi connectivity index (χ0) is 11.4. The summed E-state index contributed by atoms with van der Waals surface area (Å²) in [5, 5.41) is 9.73. The molecule has 0 saturated carbocycles. The summed E-state index contributed by atoms with van der Waals surface area (Å²) in [6, 6.07) is 1.71. The first-order valence-electron chi connectivity index (χ1n) is 4.26. The molecule has 0 amide bonds. The number of rotatable bonds is 3. The van der Waals surface area contributed by atoms with Crippen LogP contribution in [0.1, 0.15) is 10.5 Å². The lowest BCUT2D eigenvalue weighted by atomic mass is 10.5. The van der Waals surface area contributed by atoms with Gasteiger partial charge in [-0.1, -0.05) is 0 Å². The third-order valence-electron chi connectivity index (χ3n) is 1.59. The van der Waals surface area contributed by atoms with Crippen molar-refractivity contribution in [1.82, 2.24) is 19.9 Å². The predicted molar refractivity (Wildman–Crippen MR) is 55.1 cm³/mol. The van der Waals surface area contributed by atoms with Gasteiger partial charge in [0, 0.05) is 12.4 Å². The normalized spacial score (nSPS) is 10.0. The van der Waals surface area contributed by atoms with Crippen molar-refractivity contribution in [3.63, 3.8) is 0 Å². The van der Waals surface area contributed by atoms with Gasteiger partial charge in [0.05, 0.1) is 12.4 Å². The molecule has 0 aliphatic carbocycles. The van der Waals surface area contributed by atoms with Crippen LogP contribution in [-0.2, 0) is 0 Å². The summed E-state index contributed by atoms with van der Waals surface area (Å²) in [5.74, 6) is -1.10. The molecule has 0 fully saturated rings. The topological polar surface area (TPSA) is 88.9 Å². The van der Waals surface area contributed by atoms with E-state index in [0.29, 0.717) is 10.2 Å². The van der Waals surface area contributed by atoms with Gasteiger partial charge in [-0.2, -0.15) is 0 Å². The number of hydrogen-bond donors (Lipinski definition) is 1.